The summed E-state index contributed by atoms with van der Waals surface area (Å²) in [6.45, 7) is 1.74. The van der Waals surface area contributed by atoms with E-state index in [1.165, 1.54) is 7.11 Å². The lowest BCUT2D eigenvalue weighted by Gasteiger charge is -2.30. The van der Waals surface area contributed by atoms with Crippen LogP contribution in [-0.2, 0) is 20.7 Å². The number of amidine groups is 1. The van der Waals surface area contributed by atoms with Crippen LogP contribution in [0.4, 0.5) is 8.78 Å². The molecule has 2 aliphatic heterocycles. The topological polar surface area (TPSA) is 107 Å². The molecule has 4 rings (SSSR count). The van der Waals surface area contributed by atoms with Crippen molar-refractivity contribution in [2.45, 2.75) is 31.8 Å². The van der Waals surface area contributed by atoms with E-state index in [-0.39, 0.29) is 12.0 Å². The highest BCUT2D eigenvalue weighted by molar-refractivity contribution is 6.04. The summed E-state index contributed by atoms with van der Waals surface area (Å²) < 4.78 is 32.1. The van der Waals surface area contributed by atoms with Crippen molar-refractivity contribution in [1.29, 1.82) is 0 Å². The highest BCUT2D eigenvalue weighted by Gasteiger charge is 2.37. The summed E-state index contributed by atoms with van der Waals surface area (Å²) in [6, 6.07) is 11.0. The minimum atomic E-state index is -0.862. The number of hydrogen-bond acceptors (Lipinski definition) is 7. The maximum Gasteiger partial charge on any atom is 0.248 e. The Labute approximate surface area is 200 Å². The number of nitrogens with one attached hydrogen (secondary N) is 3. The maximum atomic E-state index is 13.4. The predicted molar refractivity (Wildman–Crippen MR) is 125 cm³/mol. The molecule has 2 atom stereocenters. The van der Waals surface area contributed by atoms with Crippen LogP contribution < -0.4 is 16.1 Å². The lowest BCUT2D eigenvalue weighted by atomic mass is 10.1. The Morgan fingerprint density at radius 1 is 1.14 bits per heavy atom. The molecule has 9 nitrogen and oxygen atoms in total. The van der Waals surface area contributed by atoms with Gasteiger partial charge in [0.15, 0.2) is 11.9 Å². The Bertz CT molecular complexity index is 1190. The van der Waals surface area contributed by atoms with E-state index >= 15 is 0 Å². The summed E-state index contributed by atoms with van der Waals surface area (Å²) in [4.78, 5) is 25.3. The molecule has 2 unspecified atom stereocenters. The molecule has 0 spiro atoms. The number of hydrazine groups is 1. The molecule has 3 N–H and O–H groups in total. The molecule has 0 fully saturated rings. The van der Waals surface area contributed by atoms with Crippen molar-refractivity contribution in [1.82, 2.24) is 21.1 Å². The van der Waals surface area contributed by atoms with Gasteiger partial charge < -0.3 is 15.4 Å². The van der Waals surface area contributed by atoms with E-state index in [0.717, 1.165) is 23.8 Å². The van der Waals surface area contributed by atoms with Crippen LogP contribution in [0.25, 0.3) is 0 Å². The number of ether oxygens (including phenoxy) is 1. The number of fused-ring (bicyclic) bond motifs is 1. The quantitative estimate of drug-likeness (QED) is 0.560. The number of nitrogens with zero attached hydrogens (tertiary/aromatic N) is 3. The molecule has 2 aliphatic rings. The molecular formula is C24H24F2N6O3. The Morgan fingerprint density at radius 3 is 2.51 bits per heavy atom. The number of methoxy groups -OCH3 is 1. The van der Waals surface area contributed by atoms with E-state index in [2.05, 4.69) is 26.3 Å². The molecule has 0 saturated heterocycles. The van der Waals surface area contributed by atoms with Crippen LogP contribution in [0.1, 0.15) is 24.5 Å². The molecule has 0 aliphatic carbocycles. The molecule has 35 heavy (non-hydrogen) atoms. The SMILES string of the molecule is CCC(NC(=O)Cc1cc(F)cc(F)c1)C(=O)NC1=CC2C(OC)=NN=C(c3ccccc3)N2N1. The lowest BCUT2D eigenvalue weighted by molar-refractivity contribution is -0.128. The summed E-state index contributed by atoms with van der Waals surface area (Å²) >= 11 is 0. The van der Waals surface area contributed by atoms with Gasteiger partial charge in [-0.1, -0.05) is 37.3 Å². The zero-order valence-corrected chi connectivity index (χ0v) is 19.1. The smallest absolute Gasteiger partial charge is 0.248 e. The summed E-state index contributed by atoms with van der Waals surface area (Å²) in [7, 11) is 1.48. The van der Waals surface area contributed by atoms with Gasteiger partial charge in [-0.2, -0.15) is 0 Å². The van der Waals surface area contributed by atoms with Gasteiger partial charge in [-0.3, -0.25) is 20.0 Å². The average molecular weight is 482 g/mol. The lowest BCUT2D eigenvalue weighted by Crippen LogP contribution is -2.52. The fourth-order valence-corrected chi connectivity index (χ4v) is 3.77. The Hall–Kier alpha value is -4.28. The third-order valence-electron chi connectivity index (χ3n) is 5.41. The first kappa shape index (κ1) is 23.9. The zero-order valence-electron chi connectivity index (χ0n) is 19.1. The van der Waals surface area contributed by atoms with E-state index < -0.39 is 35.5 Å². The molecule has 2 amide bonds. The standard InChI is InChI=1S/C24H24F2N6O3/c1-3-18(27-21(33)11-14-9-16(25)12-17(26)10-14)23(34)28-20-13-19-24(35-2)30-29-22(32(19)31-20)15-7-5-4-6-8-15/h4-10,12-13,18-19,31H,3,11H2,1-2H3,(H,27,33)(H,28,34). The van der Waals surface area contributed by atoms with E-state index in [1.54, 1.807) is 18.0 Å². The van der Waals surface area contributed by atoms with Crippen LogP contribution >= 0.6 is 0 Å². The van der Waals surface area contributed by atoms with Gasteiger partial charge in [0.2, 0.25) is 17.7 Å². The fraction of sp³-hybridized carbons (Fsp3) is 0.250. The second-order valence-corrected chi connectivity index (χ2v) is 7.91. The van der Waals surface area contributed by atoms with Gasteiger partial charge in [-0.15, -0.1) is 10.2 Å². The van der Waals surface area contributed by atoms with Crippen molar-refractivity contribution in [3.8, 4) is 0 Å². The van der Waals surface area contributed by atoms with Crippen molar-refractivity contribution in [3.63, 3.8) is 0 Å². The number of benzene rings is 2. The van der Waals surface area contributed by atoms with Gasteiger partial charge in [0.05, 0.1) is 13.5 Å². The van der Waals surface area contributed by atoms with Crippen LogP contribution in [0.2, 0.25) is 0 Å². The van der Waals surface area contributed by atoms with Gasteiger partial charge in [0.25, 0.3) is 0 Å². The summed E-state index contributed by atoms with van der Waals surface area (Å²) in [5.41, 5.74) is 4.09. The predicted octanol–water partition coefficient (Wildman–Crippen LogP) is 1.97. The minimum absolute atomic E-state index is 0.173. The van der Waals surface area contributed by atoms with Crippen LogP contribution in [-0.4, -0.2) is 47.8 Å². The van der Waals surface area contributed by atoms with Gasteiger partial charge in [0.1, 0.15) is 23.5 Å². The van der Waals surface area contributed by atoms with Gasteiger partial charge >= 0.3 is 0 Å². The second kappa shape index (κ2) is 10.3. The second-order valence-electron chi connectivity index (χ2n) is 7.91. The Morgan fingerprint density at radius 2 is 1.86 bits per heavy atom. The first-order valence-corrected chi connectivity index (χ1v) is 11.0. The molecular weight excluding hydrogens is 458 g/mol. The van der Waals surface area contributed by atoms with Crippen LogP contribution in [0, 0.1) is 11.6 Å². The largest absolute Gasteiger partial charge is 0.481 e. The zero-order chi connectivity index (χ0) is 24.9. The summed E-state index contributed by atoms with van der Waals surface area (Å²) in [6.07, 6.45) is 1.76. The van der Waals surface area contributed by atoms with Crippen molar-refractivity contribution < 1.29 is 23.1 Å². The molecule has 0 radical (unpaired) electrons. The fourth-order valence-electron chi connectivity index (χ4n) is 3.77. The Balaban J connectivity index is 1.42. The van der Waals surface area contributed by atoms with Crippen molar-refractivity contribution in [2.75, 3.05) is 7.11 Å². The molecule has 2 aromatic rings. The third kappa shape index (κ3) is 5.45. The first-order chi connectivity index (χ1) is 16.9. The van der Waals surface area contributed by atoms with E-state index in [0.29, 0.717) is 24.0 Å². The number of amides is 2. The number of carbonyl (C=O) groups excluding carboxylic acids is 2. The molecule has 0 saturated carbocycles. The molecule has 2 aromatic carbocycles. The van der Waals surface area contributed by atoms with Crippen molar-refractivity contribution in [2.24, 2.45) is 10.2 Å². The highest BCUT2D eigenvalue weighted by atomic mass is 19.1. The molecule has 2 heterocycles. The number of carbonyl (C=O) groups is 2. The number of halogens is 2. The van der Waals surface area contributed by atoms with Crippen LogP contribution in [0.5, 0.6) is 0 Å². The highest BCUT2D eigenvalue weighted by Crippen LogP contribution is 2.20. The normalized spacial score (nSPS) is 17.3. The van der Waals surface area contributed by atoms with Crippen LogP contribution in [0.15, 0.2) is 70.6 Å². The van der Waals surface area contributed by atoms with Gasteiger partial charge in [-0.25, -0.2) is 8.78 Å². The van der Waals surface area contributed by atoms with E-state index in [9.17, 15) is 18.4 Å². The van der Waals surface area contributed by atoms with Gasteiger partial charge in [-0.05, 0) is 30.2 Å². The van der Waals surface area contributed by atoms with Crippen molar-refractivity contribution in [3.05, 3.63) is 83.2 Å². The minimum Gasteiger partial charge on any atom is -0.481 e. The average Bonchev–Trinajstić information content (AvgIpc) is 3.25. The maximum absolute atomic E-state index is 13.4. The summed E-state index contributed by atoms with van der Waals surface area (Å²) in [5, 5.41) is 15.5. The third-order valence-corrected chi connectivity index (χ3v) is 5.41. The molecule has 182 valence electrons. The number of hydrogen-bond donors (Lipinski definition) is 3. The molecule has 0 aromatic heterocycles. The Kier molecular flexibility index (Phi) is 7.04. The van der Waals surface area contributed by atoms with E-state index in [4.69, 9.17) is 4.74 Å². The van der Waals surface area contributed by atoms with Crippen LogP contribution in [0.3, 0.4) is 0 Å². The molecule has 11 heteroatoms. The van der Waals surface area contributed by atoms with E-state index in [1.807, 2.05) is 30.3 Å². The summed E-state index contributed by atoms with van der Waals surface area (Å²) in [5.74, 6) is -1.29. The van der Waals surface area contributed by atoms with Gasteiger partial charge in [0, 0.05) is 11.6 Å². The monoisotopic (exact) mass is 482 g/mol. The number of rotatable bonds is 7. The molecule has 0 bridgehead atoms. The van der Waals surface area contributed by atoms with Crippen molar-refractivity contribution >= 4 is 23.5 Å². The first-order valence-electron chi connectivity index (χ1n) is 11.0.